The second-order valence-corrected chi connectivity index (χ2v) is 16.8. The van der Waals surface area contributed by atoms with Crippen LogP contribution < -0.4 is 16.4 Å². The van der Waals surface area contributed by atoms with E-state index in [9.17, 15) is 36.2 Å². The van der Waals surface area contributed by atoms with E-state index in [0.717, 1.165) is 77.7 Å². The van der Waals surface area contributed by atoms with E-state index in [2.05, 4.69) is 65.2 Å². The first-order chi connectivity index (χ1) is 33.5. The van der Waals surface area contributed by atoms with Crippen molar-refractivity contribution in [3.05, 3.63) is 255 Å². The molecule has 5 nitrogen and oxygen atoms in total. The molecule has 8 rings (SSSR count). The Balaban J connectivity index is 0.000000178. The number of hydrogen-bond acceptors (Lipinski definition) is 4. The number of benzene rings is 8. The van der Waals surface area contributed by atoms with Gasteiger partial charge in [0.2, 0.25) is 0 Å². The molecule has 5 N–H and O–H groups in total. The van der Waals surface area contributed by atoms with Gasteiger partial charge >= 0.3 is 18.3 Å². The van der Waals surface area contributed by atoms with Crippen LogP contribution in [0.5, 0.6) is 0 Å². The predicted molar refractivity (Wildman–Crippen MR) is 271 cm³/mol. The number of halogens is 6. The number of carbonyl (C=O) groups is 1. The molecule has 0 aliphatic carbocycles. The number of alkyl halides is 6. The van der Waals surface area contributed by atoms with Gasteiger partial charge in [-0.1, -0.05) is 146 Å². The summed E-state index contributed by atoms with van der Waals surface area (Å²) in [4.78, 5) is 11.5. The maximum Gasteiger partial charge on any atom is 0.418 e. The summed E-state index contributed by atoms with van der Waals surface area (Å²) in [6, 6.07) is 58.0. The van der Waals surface area contributed by atoms with Crippen molar-refractivity contribution in [3.63, 3.8) is 0 Å². The standard InChI is InChI=1S/C22H18F3NO2.C22H20F3N.C15H17N/c23-22(24,25)18-8-4-5-9-19(18)26-20-14-16(12-13-17(20)21(27)28)11-10-15-6-2-1-3-7-15;1-16-11-12-18(14-13-17-7-3-2-4-8-17)15-21(16)26-20-10-6-5-9-19(20)22(23,24)25;1-12-7-8-14(11-15(12)16)10-9-13-5-3-2-4-6-13/h1-9,12-14,26H,10-11H2,(H,27,28);2-12,15,26H,13-14H2,1H3;2-8,11H,9-10,16H2,1H3. The Hall–Kier alpha value is -7.79. The van der Waals surface area contributed by atoms with E-state index in [1.165, 1.54) is 53.1 Å². The van der Waals surface area contributed by atoms with Crippen LogP contribution in [0, 0.1) is 13.8 Å². The van der Waals surface area contributed by atoms with Crippen LogP contribution in [0.1, 0.15) is 66.0 Å². The molecule has 0 aliphatic rings. The molecule has 0 saturated carbocycles. The molecule has 0 atom stereocenters. The number of hydrogen-bond donors (Lipinski definition) is 4. The van der Waals surface area contributed by atoms with E-state index < -0.39 is 29.4 Å². The SMILES string of the molecule is Cc1ccc(CCc2ccccc2)cc1N.Cc1ccc(CCc2ccccc2)cc1Nc1ccccc1C(F)(F)F.O=C(O)c1ccc(CCc2ccccc2)cc1Nc1ccccc1C(F)(F)F. The van der Waals surface area contributed by atoms with Crippen molar-refractivity contribution < 1.29 is 36.2 Å². The van der Waals surface area contributed by atoms with Gasteiger partial charge in [0.15, 0.2) is 0 Å². The van der Waals surface area contributed by atoms with Gasteiger partial charge in [-0.2, -0.15) is 26.3 Å². The number of aryl methyl sites for hydroxylation is 8. The van der Waals surface area contributed by atoms with E-state index >= 15 is 0 Å². The fourth-order valence-corrected chi connectivity index (χ4v) is 7.61. The number of nitrogen functional groups attached to an aromatic ring is 1. The fourth-order valence-electron chi connectivity index (χ4n) is 7.61. The van der Waals surface area contributed by atoms with Crippen LogP contribution in [0.15, 0.2) is 194 Å². The van der Waals surface area contributed by atoms with Crippen molar-refractivity contribution in [2.45, 2.75) is 64.7 Å². The topological polar surface area (TPSA) is 87.4 Å². The fraction of sp³-hybridized carbons (Fsp3) is 0.169. The van der Waals surface area contributed by atoms with Gasteiger partial charge in [-0.05, 0) is 145 Å². The van der Waals surface area contributed by atoms with E-state index in [1.54, 1.807) is 18.2 Å². The van der Waals surface area contributed by atoms with Crippen LogP contribution in [-0.4, -0.2) is 11.1 Å². The number of carboxylic acids is 1. The van der Waals surface area contributed by atoms with E-state index in [4.69, 9.17) is 5.73 Å². The lowest BCUT2D eigenvalue weighted by atomic mass is 10.0. The molecule has 0 fully saturated rings. The van der Waals surface area contributed by atoms with Gasteiger partial charge in [0.05, 0.1) is 33.8 Å². The molecule has 8 aromatic carbocycles. The third-order valence-electron chi connectivity index (χ3n) is 11.6. The monoisotopic (exact) mass is 951 g/mol. The third-order valence-corrected chi connectivity index (χ3v) is 11.6. The summed E-state index contributed by atoms with van der Waals surface area (Å²) in [5.74, 6) is -1.21. The molecular formula is C59H55F6N3O2. The van der Waals surface area contributed by atoms with Crippen molar-refractivity contribution in [3.8, 4) is 0 Å². The summed E-state index contributed by atoms with van der Waals surface area (Å²) in [5, 5.41) is 15.0. The second-order valence-electron chi connectivity index (χ2n) is 16.8. The van der Waals surface area contributed by atoms with Crippen LogP contribution >= 0.6 is 0 Å². The number of rotatable bonds is 14. The molecule has 70 heavy (non-hydrogen) atoms. The Morgan fingerprint density at radius 3 is 1.17 bits per heavy atom. The van der Waals surface area contributed by atoms with Gasteiger partial charge in [-0.25, -0.2) is 4.79 Å². The van der Waals surface area contributed by atoms with Crippen molar-refractivity contribution in [2.24, 2.45) is 0 Å². The Morgan fingerprint density at radius 1 is 0.414 bits per heavy atom. The molecule has 11 heteroatoms. The van der Waals surface area contributed by atoms with Gasteiger partial charge in [0.1, 0.15) is 0 Å². The summed E-state index contributed by atoms with van der Waals surface area (Å²) < 4.78 is 79.3. The number of para-hydroxylation sites is 2. The smallest absolute Gasteiger partial charge is 0.418 e. The lowest BCUT2D eigenvalue weighted by Crippen LogP contribution is -2.10. The van der Waals surface area contributed by atoms with Crippen LogP contribution in [0.25, 0.3) is 0 Å². The quantitative estimate of drug-likeness (QED) is 0.0644. The van der Waals surface area contributed by atoms with Gasteiger partial charge in [0, 0.05) is 11.4 Å². The average Bonchev–Trinajstić information content (AvgIpc) is 3.35. The summed E-state index contributed by atoms with van der Waals surface area (Å²) in [7, 11) is 0. The largest absolute Gasteiger partial charge is 0.478 e. The molecule has 8 aromatic rings. The molecule has 0 unspecified atom stereocenters. The Bertz CT molecular complexity index is 2920. The van der Waals surface area contributed by atoms with Gasteiger partial charge in [-0.15, -0.1) is 0 Å². The van der Waals surface area contributed by atoms with Gasteiger partial charge in [-0.3, -0.25) is 0 Å². The summed E-state index contributed by atoms with van der Waals surface area (Å²) in [5.41, 5.74) is 15.0. The number of aromatic carboxylic acids is 1. The van der Waals surface area contributed by atoms with Crippen molar-refractivity contribution in [1.82, 2.24) is 0 Å². The highest BCUT2D eigenvalue weighted by Crippen LogP contribution is 2.38. The molecule has 0 amide bonds. The van der Waals surface area contributed by atoms with E-state index in [1.807, 2.05) is 86.6 Å². The molecule has 0 bridgehead atoms. The number of carboxylic acid groups (broad SMARTS) is 1. The molecule has 0 radical (unpaired) electrons. The van der Waals surface area contributed by atoms with Crippen LogP contribution in [0.3, 0.4) is 0 Å². The maximum atomic E-state index is 13.2. The minimum atomic E-state index is -4.54. The minimum absolute atomic E-state index is 0.0725. The average molecular weight is 952 g/mol. The lowest BCUT2D eigenvalue weighted by molar-refractivity contribution is -0.137. The summed E-state index contributed by atoms with van der Waals surface area (Å²) in [6.45, 7) is 3.93. The first kappa shape index (κ1) is 51.6. The maximum absolute atomic E-state index is 13.2. The zero-order valence-electron chi connectivity index (χ0n) is 38.9. The predicted octanol–water partition coefficient (Wildman–Crippen LogP) is 15.8. The van der Waals surface area contributed by atoms with Gasteiger partial charge < -0.3 is 21.5 Å². The molecule has 0 aliphatic heterocycles. The summed E-state index contributed by atoms with van der Waals surface area (Å²) in [6.07, 6.45) is -3.70. The normalized spacial score (nSPS) is 11.1. The van der Waals surface area contributed by atoms with Gasteiger partial charge in [0.25, 0.3) is 0 Å². The number of nitrogens with two attached hydrogens (primary N) is 1. The highest BCUT2D eigenvalue weighted by Gasteiger charge is 2.34. The van der Waals surface area contributed by atoms with Crippen molar-refractivity contribution >= 4 is 34.4 Å². The Kier molecular flexibility index (Phi) is 18.0. The summed E-state index contributed by atoms with van der Waals surface area (Å²) >= 11 is 0. The molecule has 0 spiro atoms. The Labute approximate surface area is 405 Å². The second kappa shape index (κ2) is 24.5. The minimum Gasteiger partial charge on any atom is -0.478 e. The lowest BCUT2D eigenvalue weighted by Gasteiger charge is -2.16. The first-order valence-corrected chi connectivity index (χ1v) is 22.8. The van der Waals surface area contributed by atoms with Crippen LogP contribution in [-0.2, 0) is 50.9 Å². The molecule has 360 valence electrons. The van der Waals surface area contributed by atoms with E-state index in [-0.39, 0.29) is 22.6 Å². The molecular weight excluding hydrogens is 897 g/mol. The van der Waals surface area contributed by atoms with Crippen molar-refractivity contribution in [1.29, 1.82) is 0 Å². The number of anilines is 5. The highest BCUT2D eigenvalue weighted by atomic mass is 19.4. The van der Waals surface area contributed by atoms with E-state index in [0.29, 0.717) is 12.1 Å². The molecule has 0 saturated heterocycles. The highest BCUT2D eigenvalue weighted by molar-refractivity contribution is 5.95. The van der Waals surface area contributed by atoms with Crippen LogP contribution in [0.4, 0.5) is 54.8 Å². The number of nitrogens with one attached hydrogen (secondary N) is 2. The van der Waals surface area contributed by atoms with Crippen molar-refractivity contribution in [2.75, 3.05) is 16.4 Å². The van der Waals surface area contributed by atoms with Crippen LogP contribution in [0.2, 0.25) is 0 Å². The molecule has 0 heterocycles. The zero-order valence-corrected chi connectivity index (χ0v) is 38.9. The zero-order chi connectivity index (χ0) is 50.1. The first-order valence-electron chi connectivity index (χ1n) is 22.8. The third kappa shape index (κ3) is 15.6. The molecule has 0 aromatic heterocycles. The Morgan fingerprint density at radius 2 is 0.757 bits per heavy atom.